The molecule has 3 atom stereocenters. The van der Waals surface area contributed by atoms with Gasteiger partial charge < -0.3 is 5.32 Å². The molecular formula is C16H20N2O3S. The highest BCUT2D eigenvalue weighted by molar-refractivity contribution is 7.89. The topological polar surface area (TPSA) is 66.5 Å². The number of fused-ring (bicyclic) bond motifs is 3. The second-order valence-corrected chi connectivity index (χ2v) is 8.61. The van der Waals surface area contributed by atoms with E-state index in [0.717, 1.165) is 12.8 Å². The smallest absolute Gasteiger partial charge is 0.235 e. The Balaban J connectivity index is 1.41. The second-order valence-electron chi connectivity index (χ2n) is 6.52. The van der Waals surface area contributed by atoms with E-state index in [-0.39, 0.29) is 24.2 Å². The highest BCUT2D eigenvalue weighted by Crippen LogP contribution is 2.54. The van der Waals surface area contributed by atoms with Gasteiger partial charge in [-0.2, -0.15) is 4.31 Å². The molecule has 4 rings (SSSR count). The number of hydrogen-bond acceptors (Lipinski definition) is 3. The summed E-state index contributed by atoms with van der Waals surface area (Å²) in [5.74, 6) is 0.947. The number of rotatable bonds is 3. The van der Waals surface area contributed by atoms with Gasteiger partial charge in [-0.3, -0.25) is 4.79 Å². The van der Waals surface area contributed by atoms with Gasteiger partial charge in [-0.05, 0) is 36.3 Å². The van der Waals surface area contributed by atoms with Gasteiger partial charge >= 0.3 is 0 Å². The molecule has 2 aliphatic carbocycles. The summed E-state index contributed by atoms with van der Waals surface area (Å²) in [7, 11) is -3.20. The van der Waals surface area contributed by atoms with Crippen molar-refractivity contribution < 1.29 is 13.2 Å². The molecule has 1 aliphatic heterocycles. The minimum absolute atomic E-state index is 0.0279. The van der Waals surface area contributed by atoms with Crippen LogP contribution in [0.3, 0.4) is 0 Å². The summed E-state index contributed by atoms with van der Waals surface area (Å²) in [5, 5.41) is 3.06. The molecule has 1 saturated heterocycles. The van der Waals surface area contributed by atoms with Gasteiger partial charge in [-0.25, -0.2) is 8.42 Å². The fourth-order valence-corrected chi connectivity index (χ4v) is 5.50. The van der Waals surface area contributed by atoms with E-state index >= 15 is 0 Å². The van der Waals surface area contributed by atoms with E-state index in [4.69, 9.17) is 0 Å². The molecule has 3 aliphatic rings. The van der Waals surface area contributed by atoms with Gasteiger partial charge in [-0.15, -0.1) is 0 Å². The predicted molar refractivity (Wildman–Crippen MR) is 82.9 cm³/mol. The molecule has 6 heteroatoms. The van der Waals surface area contributed by atoms with Crippen molar-refractivity contribution in [3.63, 3.8) is 0 Å². The first-order valence-corrected chi connectivity index (χ1v) is 9.52. The molecule has 5 nitrogen and oxygen atoms in total. The maximum atomic E-state index is 12.2. The summed E-state index contributed by atoms with van der Waals surface area (Å²) in [6.07, 6.45) is 2.80. The number of sulfonamides is 1. The molecular weight excluding hydrogens is 300 g/mol. The minimum atomic E-state index is -3.20. The molecule has 0 bridgehead atoms. The molecule has 118 valence electrons. The minimum Gasteiger partial charge on any atom is -0.351 e. The van der Waals surface area contributed by atoms with Crippen LogP contribution in [0.4, 0.5) is 0 Å². The average molecular weight is 320 g/mol. The molecule has 1 amide bonds. The number of nitrogens with zero attached hydrogens (tertiary/aromatic N) is 1. The molecule has 1 heterocycles. The lowest BCUT2D eigenvalue weighted by atomic mass is 9.92. The van der Waals surface area contributed by atoms with E-state index in [1.54, 1.807) is 0 Å². The average Bonchev–Trinajstić information content (AvgIpc) is 3.09. The first kappa shape index (κ1) is 14.2. The zero-order valence-corrected chi connectivity index (χ0v) is 13.2. The van der Waals surface area contributed by atoms with Gasteiger partial charge in [0.05, 0.1) is 12.3 Å². The Hall–Kier alpha value is -1.40. The normalized spacial score (nSPS) is 32.1. The third-order valence-corrected chi connectivity index (χ3v) is 7.08. The summed E-state index contributed by atoms with van der Waals surface area (Å²) < 4.78 is 24.8. The number of carbonyl (C=O) groups is 1. The van der Waals surface area contributed by atoms with Crippen LogP contribution in [0.2, 0.25) is 0 Å². The summed E-state index contributed by atoms with van der Waals surface area (Å²) >= 11 is 0. The van der Waals surface area contributed by atoms with Crippen molar-refractivity contribution in [2.24, 2.45) is 5.92 Å². The summed E-state index contributed by atoms with van der Waals surface area (Å²) in [6, 6.07) is 8.62. The molecule has 3 unspecified atom stereocenters. The first-order valence-electron chi connectivity index (χ1n) is 7.91. The highest BCUT2D eigenvalue weighted by Gasteiger charge is 2.53. The van der Waals surface area contributed by atoms with E-state index < -0.39 is 10.0 Å². The quantitative estimate of drug-likeness (QED) is 0.898. The van der Waals surface area contributed by atoms with Crippen LogP contribution in [-0.2, 0) is 21.2 Å². The number of benzene rings is 1. The number of carbonyl (C=O) groups excluding carboxylic acids is 1. The number of hydrogen-bond donors (Lipinski definition) is 1. The monoisotopic (exact) mass is 320 g/mol. The van der Waals surface area contributed by atoms with Crippen molar-refractivity contribution >= 4 is 15.9 Å². The Kier molecular flexibility index (Phi) is 3.27. The van der Waals surface area contributed by atoms with Crippen molar-refractivity contribution in [1.82, 2.24) is 9.62 Å². The molecule has 0 aromatic heterocycles. The number of amides is 1. The van der Waals surface area contributed by atoms with Crippen LogP contribution in [0.5, 0.6) is 0 Å². The zero-order valence-electron chi connectivity index (χ0n) is 12.4. The third kappa shape index (κ3) is 2.34. The van der Waals surface area contributed by atoms with Crippen molar-refractivity contribution in [3.8, 4) is 0 Å². The molecule has 2 fully saturated rings. The van der Waals surface area contributed by atoms with Gasteiger partial charge in [0.25, 0.3) is 0 Å². The maximum absolute atomic E-state index is 12.2. The molecule has 1 saturated carbocycles. The summed E-state index contributed by atoms with van der Waals surface area (Å²) in [4.78, 5) is 12.2. The van der Waals surface area contributed by atoms with Gasteiger partial charge in [0.2, 0.25) is 15.9 Å². The Morgan fingerprint density at radius 3 is 2.91 bits per heavy atom. The lowest BCUT2D eigenvalue weighted by Crippen LogP contribution is -2.39. The molecule has 22 heavy (non-hydrogen) atoms. The fourth-order valence-electron chi connectivity index (χ4n) is 4.02. The van der Waals surface area contributed by atoms with Gasteiger partial charge in [0.1, 0.15) is 0 Å². The predicted octanol–water partition coefficient (Wildman–Crippen LogP) is 0.867. The van der Waals surface area contributed by atoms with Gasteiger partial charge in [-0.1, -0.05) is 24.3 Å². The Morgan fingerprint density at radius 1 is 1.32 bits per heavy atom. The van der Waals surface area contributed by atoms with Crippen LogP contribution in [0.25, 0.3) is 0 Å². The second kappa shape index (κ2) is 5.06. The largest absolute Gasteiger partial charge is 0.351 e. The highest BCUT2D eigenvalue weighted by atomic mass is 32.2. The molecule has 0 spiro atoms. The summed E-state index contributed by atoms with van der Waals surface area (Å²) in [5.41, 5.74) is 2.75. The fraction of sp³-hybridized carbons (Fsp3) is 0.562. The van der Waals surface area contributed by atoms with Crippen molar-refractivity contribution in [2.75, 3.05) is 18.8 Å². The van der Waals surface area contributed by atoms with E-state index in [9.17, 15) is 13.2 Å². The lowest BCUT2D eigenvalue weighted by Gasteiger charge is -2.14. The molecule has 1 aromatic rings. The van der Waals surface area contributed by atoms with Crippen LogP contribution in [0, 0.1) is 5.92 Å². The third-order valence-electron chi connectivity index (χ3n) is 5.18. The Labute approximate surface area is 130 Å². The van der Waals surface area contributed by atoms with E-state index in [1.165, 1.54) is 15.4 Å². The Morgan fingerprint density at radius 2 is 2.14 bits per heavy atom. The summed E-state index contributed by atoms with van der Waals surface area (Å²) in [6.45, 7) is 0.441. The number of aryl methyl sites for hydroxylation is 1. The van der Waals surface area contributed by atoms with Crippen LogP contribution < -0.4 is 5.32 Å². The van der Waals surface area contributed by atoms with Crippen LogP contribution in [0.1, 0.15) is 29.9 Å². The lowest BCUT2D eigenvalue weighted by molar-refractivity contribution is -0.121. The van der Waals surface area contributed by atoms with E-state index in [1.807, 2.05) is 0 Å². The van der Waals surface area contributed by atoms with E-state index in [0.29, 0.717) is 24.8 Å². The van der Waals surface area contributed by atoms with Crippen molar-refractivity contribution in [2.45, 2.75) is 31.2 Å². The van der Waals surface area contributed by atoms with Crippen LogP contribution in [0.15, 0.2) is 24.3 Å². The Bertz CT molecular complexity index is 716. The number of nitrogens with one attached hydrogen (secondary N) is 1. The standard InChI is InChI=1S/C16H20N2O3S/c19-14(10-18-8-3-9-22(18,20)21)17-16-13-7-6-11-4-1-2-5-12(11)15(13)16/h1-2,4-5,13,15-16H,3,6-10H2,(H,17,19). The van der Waals surface area contributed by atoms with Gasteiger partial charge in [0, 0.05) is 18.5 Å². The molecule has 1 N–H and O–H groups in total. The first-order chi connectivity index (χ1) is 10.6. The van der Waals surface area contributed by atoms with Crippen LogP contribution in [-0.4, -0.2) is 43.5 Å². The van der Waals surface area contributed by atoms with E-state index in [2.05, 4.69) is 29.6 Å². The van der Waals surface area contributed by atoms with Crippen LogP contribution >= 0.6 is 0 Å². The van der Waals surface area contributed by atoms with Crippen molar-refractivity contribution in [1.29, 1.82) is 0 Å². The zero-order chi connectivity index (χ0) is 15.3. The molecule has 0 radical (unpaired) electrons. The molecule has 1 aromatic carbocycles. The SMILES string of the molecule is O=C(CN1CCCS1(=O)=O)NC1C2CCc3ccccc3C21. The maximum Gasteiger partial charge on any atom is 0.235 e. The van der Waals surface area contributed by atoms with Crippen molar-refractivity contribution in [3.05, 3.63) is 35.4 Å². The van der Waals surface area contributed by atoms with Gasteiger partial charge in [0.15, 0.2) is 0 Å².